The van der Waals surface area contributed by atoms with Crippen LogP contribution in [0, 0.1) is 5.82 Å². The molecule has 1 unspecified atom stereocenters. The molecule has 0 radical (unpaired) electrons. The lowest BCUT2D eigenvalue weighted by Crippen LogP contribution is -2.43. The lowest BCUT2D eigenvalue weighted by Gasteiger charge is -2.20. The molecule has 0 aliphatic heterocycles. The second-order valence-corrected chi connectivity index (χ2v) is 6.44. The molecule has 4 N–H and O–H groups in total. The fourth-order valence-electron chi connectivity index (χ4n) is 1.95. The molecule has 0 aromatic heterocycles. The van der Waals surface area contributed by atoms with Crippen LogP contribution < -0.4 is 16.0 Å². The van der Waals surface area contributed by atoms with Gasteiger partial charge in [0.25, 0.3) is 0 Å². The summed E-state index contributed by atoms with van der Waals surface area (Å²) in [6.45, 7) is 8.41. The molecule has 1 rings (SSSR count). The predicted octanol–water partition coefficient (Wildman–Crippen LogP) is 1.33. The van der Waals surface area contributed by atoms with Gasteiger partial charge in [-0.25, -0.2) is 9.38 Å². The zero-order valence-corrected chi connectivity index (χ0v) is 14.7. The fraction of sp³-hybridized carbons (Fsp3) is 0.529. The molecule has 0 aliphatic carbocycles. The molecule has 7 heteroatoms. The molecular weight excluding hydrogens is 311 g/mol. The lowest BCUT2D eigenvalue weighted by atomic mass is 10.1. The molecule has 0 heterocycles. The average molecular weight is 338 g/mol. The first kappa shape index (κ1) is 19.9. The van der Waals surface area contributed by atoms with Crippen LogP contribution in [0.5, 0.6) is 0 Å². The Morgan fingerprint density at radius 2 is 1.88 bits per heavy atom. The van der Waals surface area contributed by atoms with Gasteiger partial charge in [-0.2, -0.15) is 0 Å². The Hall–Kier alpha value is -2.15. The molecule has 1 aromatic carbocycles. The van der Waals surface area contributed by atoms with Gasteiger partial charge >= 0.3 is 0 Å². The Morgan fingerprint density at radius 1 is 1.25 bits per heavy atom. The highest BCUT2D eigenvalue weighted by Gasteiger charge is 2.13. The van der Waals surface area contributed by atoms with Gasteiger partial charge in [-0.15, -0.1) is 0 Å². The van der Waals surface area contributed by atoms with Crippen molar-refractivity contribution in [3.05, 3.63) is 35.6 Å². The summed E-state index contributed by atoms with van der Waals surface area (Å²) in [6.07, 6.45) is -0.808. The van der Waals surface area contributed by atoms with Gasteiger partial charge in [0.2, 0.25) is 5.91 Å². The molecule has 6 nitrogen and oxygen atoms in total. The molecular formula is C17H27FN4O2. The minimum atomic E-state index is -0.808. The van der Waals surface area contributed by atoms with Crippen LogP contribution in [0.25, 0.3) is 0 Å². The van der Waals surface area contributed by atoms with Crippen LogP contribution in [0.4, 0.5) is 4.39 Å². The topological polar surface area (TPSA) is 85.8 Å². The van der Waals surface area contributed by atoms with Gasteiger partial charge in [-0.3, -0.25) is 4.79 Å². The molecule has 1 amide bonds. The van der Waals surface area contributed by atoms with Crippen LogP contribution in [-0.2, 0) is 4.79 Å². The van der Waals surface area contributed by atoms with Crippen LogP contribution >= 0.6 is 0 Å². The monoisotopic (exact) mass is 338 g/mol. The van der Waals surface area contributed by atoms with E-state index in [1.165, 1.54) is 24.3 Å². The predicted molar refractivity (Wildman–Crippen MR) is 93.2 cm³/mol. The van der Waals surface area contributed by atoms with E-state index >= 15 is 0 Å². The zero-order valence-electron chi connectivity index (χ0n) is 14.7. The van der Waals surface area contributed by atoms with Gasteiger partial charge in [0.1, 0.15) is 12.4 Å². The third-order valence-electron chi connectivity index (χ3n) is 2.96. The van der Waals surface area contributed by atoms with Gasteiger partial charge in [0.15, 0.2) is 5.96 Å². The largest absolute Gasteiger partial charge is 0.387 e. The molecule has 0 saturated carbocycles. The van der Waals surface area contributed by atoms with Crippen LogP contribution in [0.2, 0.25) is 0 Å². The number of aliphatic imine (C=N–C) groups is 1. The highest BCUT2D eigenvalue weighted by Crippen LogP contribution is 2.12. The normalized spacial score (nSPS) is 13.3. The van der Waals surface area contributed by atoms with E-state index in [2.05, 4.69) is 20.9 Å². The molecule has 0 aliphatic rings. The van der Waals surface area contributed by atoms with E-state index in [9.17, 15) is 14.3 Å². The van der Waals surface area contributed by atoms with Crippen molar-refractivity contribution >= 4 is 11.9 Å². The van der Waals surface area contributed by atoms with Crippen LogP contribution in [-0.4, -0.2) is 42.1 Å². The smallest absolute Gasteiger partial charge is 0.242 e. The molecule has 134 valence electrons. The van der Waals surface area contributed by atoms with E-state index in [1.807, 2.05) is 27.7 Å². The first-order valence-corrected chi connectivity index (χ1v) is 7.98. The van der Waals surface area contributed by atoms with Crippen molar-refractivity contribution in [2.75, 3.05) is 19.6 Å². The SMILES string of the molecule is CCNC(=NCC(=O)NC(C)(C)C)NCC(O)c1ccc(F)cc1. The van der Waals surface area contributed by atoms with E-state index in [1.54, 1.807) is 0 Å². The number of nitrogens with zero attached hydrogens (tertiary/aromatic N) is 1. The highest BCUT2D eigenvalue weighted by atomic mass is 19.1. The second-order valence-electron chi connectivity index (χ2n) is 6.44. The average Bonchev–Trinajstić information content (AvgIpc) is 2.48. The van der Waals surface area contributed by atoms with Gasteiger partial charge in [-0.05, 0) is 45.4 Å². The number of nitrogens with one attached hydrogen (secondary N) is 3. The Labute approximate surface area is 142 Å². The maximum atomic E-state index is 12.9. The van der Waals surface area contributed by atoms with Gasteiger partial charge in [0.05, 0.1) is 6.10 Å². The van der Waals surface area contributed by atoms with Crippen molar-refractivity contribution in [1.82, 2.24) is 16.0 Å². The molecule has 0 saturated heterocycles. The van der Waals surface area contributed by atoms with Crippen LogP contribution in [0.15, 0.2) is 29.3 Å². The molecule has 0 spiro atoms. The Morgan fingerprint density at radius 3 is 2.42 bits per heavy atom. The van der Waals surface area contributed by atoms with Crippen molar-refractivity contribution in [3.8, 4) is 0 Å². The number of carbonyl (C=O) groups is 1. The quantitative estimate of drug-likeness (QED) is 0.466. The van der Waals surface area contributed by atoms with E-state index in [4.69, 9.17) is 0 Å². The number of hydrogen-bond acceptors (Lipinski definition) is 3. The third kappa shape index (κ3) is 7.92. The zero-order chi connectivity index (χ0) is 18.2. The van der Waals surface area contributed by atoms with Crippen LogP contribution in [0.3, 0.4) is 0 Å². The lowest BCUT2D eigenvalue weighted by molar-refractivity contribution is -0.121. The van der Waals surface area contributed by atoms with E-state index < -0.39 is 6.10 Å². The standard InChI is InChI=1S/C17H27FN4O2/c1-5-19-16(21-11-15(24)22-17(2,3)4)20-10-14(23)12-6-8-13(18)9-7-12/h6-9,14,23H,5,10-11H2,1-4H3,(H,22,24)(H2,19,20,21). The summed E-state index contributed by atoms with van der Waals surface area (Å²) in [7, 11) is 0. The summed E-state index contributed by atoms with van der Waals surface area (Å²) in [5.41, 5.74) is 0.294. The van der Waals surface area contributed by atoms with Crippen molar-refractivity contribution in [1.29, 1.82) is 0 Å². The van der Waals surface area contributed by atoms with Crippen molar-refractivity contribution in [2.24, 2.45) is 4.99 Å². The molecule has 1 atom stereocenters. The summed E-state index contributed by atoms with van der Waals surface area (Å²) in [5.74, 6) is -0.0971. The first-order chi connectivity index (χ1) is 11.2. The summed E-state index contributed by atoms with van der Waals surface area (Å²) in [4.78, 5) is 16.0. The fourth-order valence-corrected chi connectivity index (χ4v) is 1.95. The third-order valence-corrected chi connectivity index (χ3v) is 2.96. The summed E-state index contributed by atoms with van der Waals surface area (Å²) in [6, 6.07) is 5.66. The number of hydrogen-bond donors (Lipinski definition) is 4. The maximum Gasteiger partial charge on any atom is 0.242 e. The van der Waals surface area contributed by atoms with E-state index in [-0.39, 0.29) is 30.4 Å². The minimum Gasteiger partial charge on any atom is -0.387 e. The Balaban J connectivity index is 2.57. The molecule has 0 bridgehead atoms. The number of aliphatic hydroxyl groups excluding tert-OH is 1. The first-order valence-electron chi connectivity index (χ1n) is 7.98. The van der Waals surface area contributed by atoms with Gasteiger partial charge in [-0.1, -0.05) is 12.1 Å². The number of halogens is 1. The van der Waals surface area contributed by atoms with Crippen LogP contribution in [0.1, 0.15) is 39.4 Å². The highest BCUT2D eigenvalue weighted by molar-refractivity contribution is 5.85. The number of amides is 1. The number of guanidine groups is 1. The maximum absolute atomic E-state index is 12.9. The molecule has 0 fully saturated rings. The Bertz CT molecular complexity index is 553. The summed E-state index contributed by atoms with van der Waals surface area (Å²) in [5, 5.41) is 18.9. The van der Waals surface area contributed by atoms with E-state index in [0.29, 0.717) is 18.1 Å². The Kier molecular flexibility index (Phi) is 7.64. The van der Waals surface area contributed by atoms with Gasteiger partial charge < -0.3 is 21.1 Å². The number of benzene rings is 1. The van der Waals surface area contributed by atoms with Crippen molar-refractivity contribution < 1.29 is 14.3 Å². The van der Waals surface area contributed by atoms with Crippen molar-refractivity contribution in [2.45, 2.75) is 39.3 Å². The number of carbonyl (C=O) groups excluding carboxylic acids is 1. The number of rotatable bonds is 6. The van der Waals surface area contributed by atoms with Gasteiger partial charge in [0, 0.05) is 18.6 Å². The summed E-state index contributed by atoms with van der Waals surface area (Å²) >= 11 is 0. The van der Waals surface area contributed by atoms with Crippen molar-refractivity contribution in [3.63, 3.8) is 0 Å². The second kappa shape index (κ2) is 9.22. The van der Waals surface area contributed by atoms with E-state index in [0.717, 1.165) is 0 Å². The molecule has 1 aromatic rings. The minimum absolute atomic E-state index is 0.0146. The summed E-state index contributed by atoms with van der Waals surface area (Å²) < 4.78 is 12.9. The number of aliphatic hydroxyl groups is 1. The molecule has 24 heavy (non-hydrogen) atoms.